The van der Waals surface area contributed by atoms with Gasteiger partial charge in [-0.25, -0.2) is 4.79 Å². The quantitative estimate of drug-likeness (QED) is 0.840. The van der Waals surface area contributed by atoms with Crippen LogP contribution in [0.1, 0.15) is 32.6 Å². The van der Waals surface area contributed by atoms with Crippen LogP contribution in [0.4, 0.5) is 10.5 Å². The first-order valence-corrected chi connectivity index (χ1v) is 7.50. The number of nitrogens with one attached hydrogen (secondary N) is 1. The van der Waals surface area contributed by atoms with Gasteiger partial charge in [-0.1, -0.05) is 31.5 Å². The molecule has 5 heteroatoms. The molecule has 1 aromatic carbocycles. The Kier molecular flexibility index (Phi) is 5.60. The smallest absolute Gasteiger partial charge is 0.414 e. The fourth-order valence-corrected chi connectivity index (χ4v) is 2.29. The van der Waals surface area contributed by atoms with Crippen LogP contribution in [0.2, 0.25) is 0 Å². The molecule has 1 fully saturated rings. The molecule has 1 atom stereocenters. The monoisotopic (exact) mass is 290 g/mol. The van der Waals surface area contributed by atoms with E-state index in [-0.39, 0.29) is 18.1 Å². The number of cyclic esters (lactones) is 1. The van der Waals surface area contributed by atoms with Gasteiger partial charge in [-0.2, -0.15) is 0 Å². The van der Waals surface area contributed by atoms with Crippen LogP contribution < -0.4 is 10.2 Å². The highest BCUT2D eigenvalue weighted by Crippen LogP contribution is 2.22. The lowest BCUT2D eigenvalue weighted by atomic mass is 10.2. The summed E-state index contributed by atoms with van der Waals surface area (Å²) in [5.41, 5.74) is 0.844. The Hall–Kier alpha value is -2.04. The van der Waals surface area contributed by atoms with Crippen molar-refractivity contribution >= 4 is 17.7 Å². The van der Waals surface area contributed by atoms with E-state index in [0.29, 0.717) is 25.9 Å². The van der Waals surface area contributed by atoms with Gasteiger partial charge in [-0.3, -0.25) is 9.69 Å². The number of carbonyl (C=O) groups excluding carboxylic acids is 2. The van der Waals surface area contributed by atoms with Crippen molar-refractivity contribution < 1.29 is 14.3 Å². The Morgan fingerprint density at radius 3 is 2.86 bits per heavy atom. The summed E-state index contributed by atoms with van der Waals surface area (Å²) in [5.74, 6) is 0.0705. The summed E-state index contributed by atoms with van der Waals surface area (Å²) < 4.78 is 5.33. The van der Waals surface area contributed by atoms with Crippen molar-refractivity contribution in [3.8, 4) is 0 Å². The van der Waals surface area contributed by atoms with Gasteiger partial charge >= 0.3 is 6.09 Å². The number of carbonyl (C=O) groups is 2. The molecule has 1 aromatic rings. The van der Waals surface area contributed by atoms with Crippen molar-refractivity contribution in [1.82, 2.24) is 5.32 Å². The van der Waals surface area contributed by atoms with E-state index in [2.05, 4.69) is 12.2 Å². The standard InChI is InChI=1S/C16H22N2O3/c1-2-3-9-15(19)17-11-10-14-12-18(16(20)21-14)13-7-5-4-6-8-13/h4-8,14H,2-3,9-12H2,1H3,(H,17,19). The molecule has 1 unspecified atom stereocenters. The summed E-state index contributed by atoms with van der Waals surface area (Å²) in [6.45, 7) is 3.14. The Morgan fingerprint density at radius 2 is 2.14 bits per heavy atom. The van der Waals surface area contributed by atoms with E-state index in [1.54, 1.807) is 4.90 Å². The maximum Gasteiger partial charge on any atom is 0.414 e. The van der Waals surface area contributed by atoms with Crippen LogP contribution in [0, 0.1) is 0 Å². The van der Waals surface area contributed by atoms with E-state index in [1.807, 2.05) is 30.3 Å². The highest BCUT2D eigenvalue weighted by atomic mass is 16.6. The zero-order valence-electron chi connectivity index (χ0n) is 12.4. The number of ether oxygens (including phenoxy) is 1. The predicted molar refractivity (Wildman–Crippen MR) is 81.2 cm³/mol. The van der Waals surface area contributed by atoms with Gasteiger partial charge in [0.25, 0.3) is 0 Å². The van der Waals surface area contributed by atoms with Crippen LogP contribution in [0.3, 0.4) is 0 Å². The number of unbranched alkanes of at least 4 members (excludes halogenated alkanes) is 1. The summed E-state index contributed by atoms with van der Waals surface area (Å²) >= 11 is 0. The second-order valence-corrected chi connectivity index (χ2v) is 5.19. The second-order valence-electron chi connectivity index (χ2n) is 5.19. The van der Waals surface area contributed by atoms with Gasteiger partial charge in [0.15, 0.2) is 0 Å². The van der Waals surface area contributed by atoms with Crippen LogP contribution in [0.25, 0.3) is 0 Å². The number of benzene rings is 1. The van der Waals surface area contributed by atoms with Crippen LogP contribution in [-0.4, -0.2) is 31.2 Å². The molecule has 1 saturated heterocycles. The summed E-state index contributed by atoms with van der Waals surface area (Å²) in [4.78, 5) is 25.0. The summed E-state index contributed by atoms with van der Waals surface area (Å²) in [5, 5.41) is 2.87. The van der Waals surface area contributed by atoms with Crippen molar-refractivity contribution in [2.45, 2.75) is 38.7 Å². The number of hydrogen-bond donors (Lipinski definition) is 1. The van der Waals surface area contributed by atoms with E-state index in [9.17, 15) is 9.59 Å². The minimum atomic E-state index is -0.316. The number of nitrogens with zero attached hydrogens (tertiary/aromatic N) is 1. The Labute approximate surface area is 125 Å². The molecule has 0 aromatic heterocycles. The number of anilines is 1. The molecule has 1 heterocycles. The summed E-state index contributed by atoms with van der Waals surface area (Å²) in [6.07, 6.45) is 2.66. The second kappa shape index (κ2) is 7.67. The molecular formula is C16H22N2O3. The Balaban J connectivity index is 1.74. The van der Waals surface area contributed by atoms with Crippen molar-refractivity contribution in [1.29, 1.82) is 0 Å². The average molecular weight is 290 g/mol. The molecule has 0 aliphatic carbocycles. The topological polar surface area (TPSA) is 58.6 Å². The molecule has 5 nitrogen and oxygen atoms in total. The van der Waals surface area contributed by atoms with Gasteiger partial charge in [-0.15, -0.1) is 0 Å². The van der Waals surface area contributed by atoms with Crippen LogP contribution in [-0.2, 0) is 9.53 Å². The lowest BCUT2D eigenvalue weighted by Gasteiger charge is -2.12. The average Bonchev–Trinajstić information content (AvgIpc) is 2.87. The van der Waals surface area contributed by atoms with Gasteiger partial charge < -0.3 is 10.1 Å². The molecule has 0 spiro atoms. The first-order chi connectivity index (χ1) is 10.2. The lowest BCUT2D eigenvalue weighted by molar-refractivity contribution is -0.121. The highest BCUT2D eigenvalue weighted by molar-refractivity contribution is 5.89. The predicted octanol–water partition coefficient (Wildman–Crippen LogP) is 2.71. The Bertz CT molecular complexity index is 476. The third kappa shape index (κ3) is 4.48. The maximum absolute atomic E-state index is 11.8. The molecular weight excluding hydrogens is 268 g/mol. The van der Waals surface area contributed by atoms with E-state index < -0.39 is 0 Å². The number of para-hydroxylation sites is 1. The van der Waals surface area contributed by atoms with E-state index >= 15 is 0 Å². The van der Waals surface area contributed by atoms with E-state index in [1.165, 1.54) is 0 Å². The fourth-order valence-electron chi connectivity index (χ4n) is 2.29. The van der Waals surface area contributed by atoms with Gasteiger partial charge in [0, 0.05) is 25.1 Å². The van der Waals surface area contributed by atoms with Crippen LogP contribution in [0.15, 0.2) is 30.3 Å². The van der Waals surface area contributed by atoms with Crippen molar-refractivity contribution in [2.24, 2.45) is 0 Å². The van der Waals surface area contributed by atoms with Crippen molar-refractivity contribution in [2.75, 3.05) is 18.0 Å². The summed E-state index contributed by atoms with van der Waals surface area (Å²) in [7, 11) is 0. The normalized spacial score (nSPS) is 17.7. The molecule has 114 valence electrons. The fraction of sp³-hybridized carbons (Fsp3) is 0.500. The Morgan fingerprint density at radius 1 is 1.38 bits per heavy atom. The third-order valence-corrected chi connectivity index (χ3v) is 3.49. The van der Waals surface area contributed by atoms with Crippen molar-refractivity contribution in [3.63, 3.8) is 0 Å². The molecule has 1 N–H and O–H groups in total. The molecule has 1 aliphatic rings. The molecule has 0 bridgehead atoms. The number of hydrogen-bond acceptors (Lipinski definition) is 3. The maximum atomic E-state index is 11.8. The SMILES string of the molecule is CCCCC(=O)NCCC1CN(c2ccccc2)C(=O)O1. The number of amides is 2. The summed E-state index contributed by atoms with van der Waals surface area (Å²) in [6, 6.07) is 9.47. The molecule has 0 saturated carbocycles. The molecule has 1 aliphatic heterocycles. The molecule has 2 amide bonds. The van der Waals surface area contributed by atoms with Crippen LogP contribution in [0.5, 0.6) is 0 Å². The zero-order valence-corrected chi connectivity index (χ0v) is 12.4. The molecule has 2 rings (SSSR count). The van der Waals surface area contributed by atoms with Crippen molar-refractivity contribution in [3.05, 3.63) is 30.3 Å². The lowest BCUT2D eigenvalue weighted by Crippen LogP contribution is -2.28. The third-order valence-electron chi connectivity index (χ3n) is 3.49. The highest BCUT2D eigenvalue weighted by Gasteiger charge is 2.31. The van der Waals surface area contributed by atoms with Gasteiger partial charge in [-0.05, 0) is 18.6 Å². The minimum absolute atomic E-state index is 0.0705. The van der Waals surface area contributed by atoms with Gasteiger partial charge in [0.05, 0.1) is 6.54 Å². The van der Waals surface area contributed by atoms with E-state index in [0.717, 1.165) is 18.5 Å². The molecule has 21 heavy (non-hydrogen) atoms. The first-order valence-electron chi connectivity index (χ1n) is 7.50. The van der Waals surface area contributed by atoms with Gasteiger partial charge in [0.2, 0.25) is 5.91 Å². The number of rotatable bonds is 7. The zero-order chi connectivity index (χ0) is 15.1. The van der Waals surface area contributed by atoms with Crippen LogP contribution >= 0.6 is 0 Å². The molecule has 0 radical (unpaired) electrons. The largest absolute Gasteiger partial charge is 0.444 e. The van der Waals surface area contributed by atoms with E-state index in [4.69, 9.17) is 4.74 Å². The first kappa shape index (κ1) is 15.4. The van der Waals surface area contributed by atoms with Gasteiger partial charge in [0.1, 0.15) is 6.10 Å². The minimum Gasteiger partial charge on any atom is -0.444 e.